The van der Waals surface area contributed by atoms with Gasteiger partial charge in [-0.1, -0.05) is 35.9 Å². The minimum atomic E-state index is -3.87. The molecule has 4 rings (SSSR count). The molecule has 4 aromatic rings. The molecule has 9 heteroatoms. The van der Waals surface area contributed by atoms with Crippen molar-refractivity contribution < 1.29 is 13.2 Å². The summed E-state index contributed by atoms with van der Waals surface area (Å²) in [5, 5.41) is 3.35. The number of sulfonamides is 1. The third-order valence-electron chi connectivity index (χ3n) is 4.72. The molecule has 2 N–H and O–H groups in total. The van der Waals surface area contributed by atoms with Crippen molar-refractivity contribution in [1.29, 1.82) is 0 Å². The third-order valence-corrected chi connectivity index (χ3v) is 6.35. The van der Waals surface area contributed by atoms with Crippen LogP contribution in [0.5, 0.6) is 0 Å². The molecule has 1 amide bonds. The molecule has 0 aliphatic carbocycles. The van der Waals surface area contributed by atoms with Crippen LogP contribution in [0, 0.1) is 0 Å². The number of nitrogens with zero attached hydrogens (tertiary/aromatic N) is 2. The lowest BCUT2D eigenvalue weighted by molar-refractivity contribution is 0.0950. The summed E-state index contributed by atoms with van der Waals surface area (Å²) in [5.74, 6) is -0.381. The molecular formula is C23H19ClN4O3S. The van der Waals surface area contributed by atoms with Gasteiger partial charge in [-0.2, -0.15) is 0 Å². The number of hydrogen-bond acceptors (Lipinski definition) is 4. The zero-order valence-corrected chi connectivity index (χ0v) is 18.3. The number of imidazole rings is 1. The van der Waals surface area contributed by atoms with Crippen LogP contribution in [0.25, 0.3) is 5.69 Å². The lowest BCUT2D eigenvalue weighted by atomic mass is 10.1. The van der Waals surface area contributed by atoms with Crippen molar-refractivity contribution in [3.05, 3.63) is 108 Å². The number of nitrogens with one attached hydrogen (secondary N) is 2. The first-order valence-electron chi connectivity index (χ1n) is 9.65. The van der Waals surface area contributed by atoms with Crippen molar-refractivity contribution in [3.8, 4) is 5.69 Å². The lowest BCUT2D eigenvalue weighted by Crippen LogP contribution is -2.24. The highest BCUT2D eigenvalue weighted by Crippen LogP contribution is 2.20. The van der Waals surface area contributed by atoms with Crippen LogP contribution in [-0.4, -0.2) is 23.9 Å². The number of anilines is 1. The zero-order chi connectivity index (χ0) is 22.6. The second kappa shape index (κ2) is 9.25. The average molecular weight is 467 g/mol. The molecule has 0 bridgehead atoms. The van der Waals surface area contributed by atoms with E-state index >= 15 is 0 Å². The normalized spacial score (nSPS) is 11.2. The highest BCUT2D eigenvalue weighted by Gasteiger charge is 2.17. The van der Waals surface area contributed by atoms with Crippen molar-refractivity contribution >= 4 is 33.2 Å². The molecule has 0 unspecified atom stereocenters. The summed E-state index contributed by atoms with van der Waals surface area (Å²) in [6, 6.07) is 19.8. The summed E-state index contributed by atoms with van der Waals surface area (Å²) < 4.78 is 29.8. The Morgan fingerprint density at radius 2 is 1.78 bits per heavy atom. The monoisotopic (exact) mass is 466 g/mol. The van der Waals surface area contributed by atoms with E-state index in [1.165, 1.54) is 18.2 Å². The summed E-state index contributed by atoms with van der Waals surface area (Å²) in [7, 11) is -3.87. The van der Waals surface area contributed by atoms with Crippen LogP contribution in [0.3, 0.4) is 0 Å². The molecule has 32 heavy (non-hydrogen) atoms. The molecule has 0 saturated heterocycles. The number of carbonyl (C=O) groups is 1. The summed E-state index contributed by atoms with van der Waals surface area (Å²) in [6.07, 6.45) is 5.19. The first kappa shape index (κ1) is 21.6. The second-order valence-electron chi connectivity index (χ2n) is 6.92. The number of para-hydroxylation sites is 1. The number of aromatic nitrogens is 2. The molecule has 3 aromatic carbocycles. The number of hydrogen-bond donors (Lipinski definition) is 2. The van der Waals surface area contributed by atoms with Gasteiger partial charge in [-0.15, -0.1) is 0 Å². The molecule has 0 spiro atoms. The number of rotatable bonds is 7. The molecule has 0 fully saturated rings. The topological polar surface area (TPSA) is 93.1 Å². The Balaban J connectivity index is 1.49. The fraction of sp³-hybridized carbons (Fsp3) is 0.0435. The number of benzene rings is 3. The Kier molecular flexibility index (Phi) is 6.25. The Hall–Kier alpha value is -3.62. The van der Waals surface area contributed by atoms with E-state index in [2.05, 4.69) is 15.0 Å². The average Bonchev–Trinajstić information content (AvgIpc) is 3.34. The van der Waals surface area contributed by atoms with Crippen molar-refractivity contribution in [2.75, 3.05) is 4.72 Å². The van der Waals surface area contributed by atoms with Gasteiger partial charge in [-0.3, -0.25) is 9.52 Å². The Morgan fingerprint density at radius 1 is 1.00 bits per heavy atom. The van der Waals surface area contributed by atoms with E-state index in [1.54, 1.807) is 42.9 Å². The van der Waals surface area contributed by atoms with Crippen molar-refractivity contribution in [1.82, 2.24) is 14.9 Å². The zero-order valence-electron chi connectivity index (χ0n) is 16.8. The van der Waals surface area contributed by atoms with Gasteiger partial charge in [0, 0.05) is 35.2 Å². The van der Waals surface area contributed by atoms with Crippen molar-refractivity contribution in [3.63, 3.8) is 0 Å². The molecule has 0 aliphatic rings. The Bertz CT molecular complexity index is 1340. The second-order valence-corrected chi connectivity index (χ2v) is 9.04. The maximum atomic E-state index is 12.7. The van der Waals surface area contributed by atoms with Gasteiger partial charge in [0.2, 0.25) is 0 Å². The predicted molar refractivity (Wildman–Crippen MR) is 123 cm³/mol. The van der Waals surface area contributed by atoms with Gasteiger partial charge < -0.3 is 9.88 Å². The molecule has 1 heterocycles. The van der Waals surface area contributed by atoms with Crippen LogP contribution in [0.15, 0.2) is 96.4 Å². The predicted octanol–water partition coefficient (Wildman–Crippen LogP) is 4.26. The van der Waals surface area contributed by atoms with Gasteiger partial charge in [0.1, 0.15) is 0 Å². The van der Waals surface area contributed by atoms with Crippen LogP contribution in [-0.2, 0) is 16.6 Å². The molecule has 0 atom stereocenters. The van der Waals surface area contributed by atoms with Gasteiger partial charge in [0.05, 0.1) is 16.9 Å². The fourth-order valence-corrected chi connectivity index (χ4v) is 4.36. The highest BCUT2D eigenvalue weighted by atomic mass is 35.5. The number of amides is 1. The Morgan fingerprint density at radius 3 is 2.53 bits per heavy atom. The van der Waals surface area contributed by atoms with Gasteiger partial charge in [0.15, 0.2) is 0 Å². The molecule has 1 aromatic heterocycles. The third kappa shape index (κ3) is 4.99. The fourth-order valence-electron chi connectivity index (χ4n) is 3.13. The van der Waals surface area contributed by atoms with Crippen LogP contribution in [0.4, 0.5) is 5.69 Å². The summed E-state index contributed by atoms with van der Waals surface area (Å²) >= 11 is 5.84. The molecule has 0 radical (unpaired) electrons. The van der Waals surface area contributed by atoms with Gasteiger partial charge in [0.25, 0.3) is 15.9 Å². The van der Waals surface area contributed by atoms with Gasteiger partial charge >= 0.3 is 0 Å². The van der Waals surface area contributed by atoms with Gasteiger partial charge in [-0.25, -0.2) is 13.4 Å². The lowest BCUT2D eigenvalue weighted by Gasteiger charge is -2.12. The molecule has 0 saturated carbocycles. The van der Waals surface area contributed by atoms with E-state index < -0.39 is 10.0 Å². The van der Waals surface area contributed by atoms with E-state index in [4.69, 9.17) is 11.6 Å². The smallest absolute Gasteiger partial charge is 0.261 e. The van der Waals surface area contributed by atoms with E-state index in [9.17, 15) is 13.2 Å². The van der Waals surface area contributed by atoms with Crippen LogP contribution < -0.4 is 10.0 Å². The summed E-state index contributed by atoms with van der Waals surface area (Å²) in [4.78, 5) is 16.8. The number of halogens is 1. The molecule has 162 valence electrons. The maximum absolute atomic E-state index is 12.7. The van der Waals surface area contributed by atoms with E-state index in [0.717, 1.165) is 11.3 Å². The van der Waals surface area contributed by atoms with Crippen molar-refractivity contribution in [2.24, 2.45) is 0 Å². The molecule has 0 aliphatic heterocycles. The molecular weight excluding hydrogens is 448 g/mol. The number of carbonyl (C=O) groups excluding carboxylic acids is 1. The first-order valence-corrected chi connectivity index (χ1v) is 11.5. The highest BCUT2D eigenvalue weighted by molar-refractivity contribution is 7.92. The van der Waals surface area contributed by atoms with Crippen LogP contribution in [0.2, 0.25) is 5.02 Å². The van der Waals surface area contributed by atoms with E-state index in [0.29, 0.717) is 10.7 Å². The SMILES string of the molecule is O=C(NCc1ccccc1-n1ccnc1)c1cccc(S(=O)(=O)Nc2ccc(Cl)cc2)c1. The van der Waals surface area contributed by atoms with E-state index in [-0.39, 0.29) is 22.9 Å². The van der Waals surface area contributed by atoms with Gasteiger partial charge in [-0.05, 0) is 54.1 Å². The van der Waals surface area contributed by atoms with Crippen molar-refractivity contribution in [2.45, 2.75) is 11.4 Å². The minimum absolute atomic E-state index is 0.0149. The van der Waals surface area contributed by atoms with Crippen LogP contribution >= 0.6 is 11.6 Å². The quantitative estimate of drug-likeness (QED) is 0.425. The maximum Gasteiger partial charge on any atom is 0.261 e. The summed E-state index contributed by atoms with van der Waals surface area (Å²) in [6.45, 7) is 0.271. The summed E-state index contributed by atoms with van der Waals surface area (Å²) in [5.41, 5.74) is 2.41. The van der Waals surface area contributed by atoms with E-state index in [1.807, 2.05) is 35.0 Å². The standard InChI is InChI=1S/C23H19ClN4O3S/c24-19-8-10-20(11-9-19)27-32(30,31)21-6-3-5-17(14-21)23(29)26-15-18-4-1-2-7-22(18)28-13-12-25-16-28/h1-14,16,27H,15H2,(H,26,29). The van der Waals surface area contributed by atoms with Crippen LogP contribution in [0.1, 0.15) is 15.9 Å². The Labute approximate surface area is 190 Å². The largest absolute Gasteiger partial charge is 0.348 e. The molecule has 7 nitrogen and oxygen atoms in total. The first-order chi connectivity index (χ1) is 15.4. The minimum Gasteiger partial charge on any atom is -0.348 e.